The Balaban J connectivity index is 2.78. The summed E-state index contributed by atoms with van der Waals surface area (Å²) in [5, 5.41) is 12.0. The molecule has 0 aliphatic heterocycles. The van der Waals surface area contributed by atoms with Gasteiger partial charge in [-0.15, -0.1) is 0 Å². The van der Waals surface area contributed by atoms with Crippen LogP contribution in [-0.2, 0) is 11.8 Å². The second-order valence-corrected chi connectivity index (χ2v) is 5.08. The smallest absolute Gasteiger partial charge is 0.326 e. The monoisotopic (exact) mass is 272 g/mol. The summed E-state index contributed by atoms with van der Waals surface area (Å²) < 4.78 is 1.56. The lowest BCUT2D eigenvalue weighted by molar-refractivity contribution is -0.139. The van der Waals surface area contributed by atoms with Crippen LogP contribution in [0.3, 0.4) is 0 Å². The summed E-state index contributed by atoms with van der Waals surface area (Å²) >= 11 is 5.78. The van der Waals surface area contributed by atoms with E-state index in [0.717, 1.165) is 0 Å². The highest BCUT2D eigenvalue weighted by Crippen LogP contribution is 2.13. The van der Waals surface area contributed by atoms with Crippen LogP contribution in [0.2, 0.25) is 5.02 Å². The Kier molecular flexibility index (Phi) is 4.78. The Morgan fingerprint density at radius 3 is 2.50 bits per heavy atom. The molecule has 0 saturated carbocycles. The Hall–Kier alpha value is -1.49. The van der Waals surface area contributed by atoms with Gasteiger partial charge in [0, 0.05) is 13.2 Å². The van der Waals surface area contributed by atoms with E-state index >= 15 is 0 Å². The Morgan fingerprint density at radius 2 is 2.11 bits per heavy atom. The zero-order chi connectivity index (χ0) is 13.9. The van der Waals surface area contributed by atoms with Gasteiger partial charge in [0.1, 0.15) is 11.7 Å². The van der Waals surface area contributed by atoms with E-state index in [0.29, 0.717) is 17.1 Å². The van der Waals surface area contributed by atoms with Crippen molar-refractivity contribution in [1.29, 1.82) is 0 Å². The first-order chi connectivity index (χ1) is 8.31. The number of aliphatic carboxylic acids is 1. The third-order valence-corrected chi connectivity index (χ3v) is 2.72. The molecule has 0 aliphatic rings. The van der Waals surface area contributed by atoms with Crippen LogP contribution in [0, 0.1) is 5.92 Å². The molecule has 1 heterocycles. The second-order valence-electron chi connectivity index (χ2n) is 4.65. The number of halogens is 1. The molecule has 1 aromatic heterocycles. The standard InChI is InChI=1S/C12H17ClN2O3/c1-7(2)4-9(12(17)18)14-11(16)10-5-8(13)6-15(10)3/h5-7,9H,4H2,1-3H3,(H,14,16)(H,17,18). The molecule has 2 N–H and O–H groups in total. The number of aromatic nitrogens is 1. The predicted molar refractivity (Wildman–Crippen MR) is 68.8 cm³/mol. The van der Waals surface area contributed by atoms with Crippen LogP contribution in [0.4, 0.5) is 0 Å². The number of rotatable bonds is 5. The molecule has 1 atom stereocenters. The van der Waals surface area contributed by atoms with E-state index in [-0.39, 0.29) is 5.92 Å². The molecular formula is C12H17ClN2O3. The SMILES string of the molecule is CC(C)CC(NC(=O)c1cc(Cl)cn1C)C(=O)O. The van der Waals surface area contributed by atoms with Crippen molar-refractivity contribution in [3.05, 3.63) is 23.0 Å². The van der Waals surface area contributed by atoms with Crippen LogP contribution in [0.25, 0.3) is 0 Å². The molecule has 0 fully saturated rings. The number of carbonyl (C=O) groups is 2. The summed E-state index contributed by atoms with van der Waals surface area (Å²) in [6.45, 7) is 3.81. The molecule has 1 aromatic rings. The van der Waals surface area contributed by atoms with Gasteiger partial charge in [0.15, 0.2) is 0 Å². The number of carbonyl (C=O) groups excluding carboxylic acids is 1. The number of carboxylic acids is 1. The zero-order valence-electron chi connectivity index (χ0n) is 10.6. The lowest BCUT2D eigenvalue weighted by Gasteiger charge is -2.16. The van der Waals surface area contributed by atoms with Gasteiger partial charge in [-0.3, -0.25) is 4.79 Å². The number of carboxylic acid groups (broad SMARTS) is 1. The molecule has 0 aromatic carbocycles. The molecule has 0 spiro atoms. The maximum atomic E-state index is 11.9. The van der Waals surface area contributed by atoms with Crippen molar-refractivity contribution in [2.24, 2.45) is 13.0 Å². The Morgan fingerprint density at radius 1 is 1.50 bits per heavy atom. The summed E-state index contributed by atoms with van der Waals surface area (Å²) in [5.41, 5.74) is 0.343. The van der Waals surface area contributed by atoms with E-state index in [1.807, 2.05) is 13.8 Å². The molecule has 18 heavy (non-hydrogen) atoms. The van der Waals surface area contributed by atoms with Crippen LogP contribution in [-0.4, -0.2) is 27.6 Å². The van der Waals surface area contributed by atoms with Crippen LogP contribution in [0.1, 0.15) is 30.8 Å². The van der Waals surface area contributed by atoms with Crippen LogP contribution in [0.15, 0.2) is 12.3 Å². The van der Waals surface area contributed by atoms with Crippen LogP contribution >= 0.6 is 11.6 Å². The molecule has 0 bridgehead atoms. The van der Waals surface area contributed by atoms with Gasteiger partial charge < -0.3 is 15.0 Å². The molecule has 5 nitrogen and oxygen atoms in total. The fourth-order valence-electron chi connectivity index (χ4n) is 1.68. The van der Waals surface area contributed by atoms with Gasteiger partial charge >= 0.3 is 5.97 Å². The van der Waals surface area contributed by atoms with Gasteiger partial charge in [-0.2, -0.15) is 0 Å². The number of aryl methyl sites for hydroxylation is 1. The molecule has 0 saturated heterocycles. The van der Waals surface area contributed by atoms with Crippen molar-refractivity contribution in [3.63, 3.8) is 0 Å². The Labute approximate surface area is 111 Å². The molecule has 0 radical (unpaired) electrons. The minimum Gasteiger partial charge on any atom is -0.480 e. The highest BCUT2D eigenvalue weighted by molar-refractivity contribution is 6.31. The topological polar surface area (TPSA) is 71.3 Å². The van der Waals surface area contributed by atoms with Gasteiger partial charge in [-0.25, -0.2) is 4.79 Å². The molecule has 1 unspecified atom stereocenters. The Bertz CT molecular complexity index is 454. The highest BCUT2D eigenvalue weighted by atomic mass is 35.5. The van der Waals surface area contributed by atoms with E-state index in [4.69, 9.17) is 16.7 Å². The normalized spacial score (nSPS) is 12.5. The van der Waals surface area contributed by atoms with Crippen molar-refractivity contribution in [2.75, 3.05) is 0 Å². The third kappa shape index (κ3) is 3.77. The maximum Gasteiger partial charge on any atom is 0.326 e. The average molecular weight is 273 g/mol. The van der Waals surface area contributed by atoms with Crippen molar-refractivity contribution < 1.29 is 14.7 Å². The second kappa shape index (κ2) is 5.91. The minimum atomic E-state index is -1.03. The summed E-state index contributed by atoms with van der Waals surface area (Å²) in [6.07, 6.45) is 1.98. The van der Waals surface area contributed by atoms with E-state index < -0.39 is 17.9 Å². The quantitative estimate of drug-likeness (QED) is 0.860. The van der Waals surface area contributed by atoms with Crippen LogP contribution in [0.5, 0.6) is 0 Å². The van der Waals surface area contributed by atoms with Crippen molar-refractivity contribution >= 4 is 23.5 Å². The summed E-state index contributed by atoms with van der Waals surface area (Å²) in [7, 11) is 1.68. The fraction of sp³-hybridized carbons (Fsp3) is 0.500. The summed E-state index contributed by atoms with van der Waals surface area (Å²) in [6, 6.07) is 0.622. The van der Waals surface area contributed by atoms with E-state index in [1.165, 1.54) is 6.07 Å². The predicted octanol–water partition coefficient (Wildman–Crippen LogP) is 1.91. The third-order valence-electron chi connectivity index (χ3n) is 2.51. The molecule has 1 amide bonds. The van der Waals surface area contributed by atoms with Gasteiger partial charge in [-0.05, 0) is 18.4 Å². The van der Waals surface area contributed by atoms with E-state index in [9.17, 15) is 9.59 Å². The summed E-state index contributed by atoms with van der Waals surface area (Å²) in [4.78, 5) is 23.0. The number of nitrogens with one attached hydrogen (secondary N) is 1. The van der Waals surface area contributed by atoms with Crippen molar-refractivity contribution in [2.45, 2.75) is 26.3 Å². The molecule has 0 aliphatic carbocycles. The van der Waals surface area contributed by atoms with Crippen LogP contribution < -0.4 is 5.32 Å². The van der Waals surface area contributed by atoms with Crippen molar-refractivity contribution in [3.8, 4) is 0 Å². The first-order valence-corrected chi connectivity index (χ1v) is 6.04. The van der Waals surface area contributed by atoms with Gasteiger partial charge in [0.25, 0.3) is 5.91 Å². The van der Waals surface area contributed by atoms with E-state index in [1.54, 1.807) is 17.8 Å². The number of hydrogen-bond donors (Lipinski definition) is 2. The zero-order valence-corrected chi connectivity index (χ0v) is 11.4. The highest BCUT2D eigenvalue weighted by Gasteiger charge is 2.22. The minimum absolute atomic E-state index is 0.184. The lowest BCUT2D eigenvalue weighted by Crippen LogP contribution is -2.42. The number of hydrogen-bond acceptors (Lipinski definition) is 2. The molecular weight excluding hydrogens is 256 g/mol. The van der Waals surface area contributed by atoms with Crippen molar-refractivity contribution in [1.82, 2.24) is 9.88 Å². The molecule has 100 valence electrons. The molecule has 6 heteroatoms. The largest absolute Gasteiger partial charge is 0.480 e. The fourth-order valence-corrected chi connectivity index (χ4v) is 1.92. The van der Waals surface area contributed by atoms with E-state index in [2.05, 4.69) is 5.32 Å². The summed E-state index contributed by atoms with van der Waals surface area (Å²) in [5.74, 6) is -1.28. The average Bonchev–Trinajstić information content (AvgIpc) is 2.56. The maximum absolute atomic E-state index is 11.9. The van der Waals surface area contributed by atoms with Gasteiger partial charge in [0.2, 0.25) is 0 Å². The van der Waals surface area contributed by atoms with Gasteiger partial charge in [0.05, 0.1) is 5.02 Å². The first kappa shape index (κ1) is 14.6. The number of amides is 1. The van der Waals surface area contributed by atoms with Gasteiger partial charge in [-0.1, -0.05) is 25.4 Å². The molecule has 1 rings (SSSR count). The number of nitrogens with zero attached hydrogens (tertiary/aromatic N) is 1. The first-order valence-electron chi connectivity index (χ1n) is 5.66. The lowest BCUT2D eigenvalue weighted by atomic mass is 10.0.